The molecule has 234 valence electrons. The topological polar surface area (TPSA) is 284 Å². The quantitative estimate of drug-likeness (QED) is 0.0373. The highest BCUT2D eigenvalue weighted by Gasteiger charge is 2.39. The maximum atomic E-state index is 13.2. The zero-order valence-electron chi connectivity index (χ0n) is 23.2. The third-order valence-corrected chi connectivity index (χ3v) is 6.95. The first-order chi connectivity index (χ1) is 19.8. The Bertz CT molecular complexity index is 1110. The third-order valence-electron chi connectivity index (χ3n) is 6.59. The number of hydrogen-bond acceptors (Lipinski definition) is 10. The molecular weight excluding hydrogens is 572 g/mol. The second-order valence-corrected chi connectivity index (χ2v) is 10.3. The summed E-state index contributed by atoms with van der Waals surface area (Å²) >= 11 is 4.08. The van der Waals surface area contributed by atoms with Gasteiger partial charge in [0.25, 0.3) is 0 Å². The Morgan fingerprint density at radius 2 is 1.88 bits per heavy atom. The summed E-state index contributed by atoms with van der Waals surface area (Å²) in [6, 6.07) is -5.91. The van der Waals surface area contributed by atoms with Crippen LogP contribution in [0.5, 0.6) is 0 Å². The zero-order chi connectivity index (χ0) is 31.4. The number of H-pyrrole nitrogens is 1. The summed E-state index contributed by atoms with van der Waals surface area (Å²) in [5.74, 6) is -4.51. The van der Waals surface area contributed by atoms with Crippen LogP contribution in [0, 0.1) is 0 Å². The van der Waals surface area contributed by atoms with Crippen LogP contribution < -0.4 is 33.2 Å². The number of aromatic amines is 1. The molecule has 6 atom stereocenters. The van der Waals surface area contributed by atoms with E-state index in [0.29, 0.717) is 18.5 Å². The Morgan fingerprint density at radius 3 is 2.45 bits per heavy atom. The predicted molar refractivity (Wildman–Crippen MR) is 154 cm³/mol. The molecule has 42 heavy (non-hydrogen) atoms. The fourth-order valence-corrected chi connectivity index (χ4v) is 4.64. The fourth-order valence-electron chi connectivity index (χ4n) is 4.38. The zero-order valence-corrected chi connectivity index (χ0v) is 24.1. The molecule has 0 aromatic carbocycles. The van der Waals surface area contributed by atoms with Gasteiger partial charge in [0.1, 0.15) is 24.2 Å². The molecule has 1 aliphatic heterocycles. The van der Waals surface area contributed by atoms with Crippen LogP contribution in [0.4, 0.5) is 0 Å². The van der Waals surface area contributed by atoms with Crippen molar-refractivity contribution in [3.8, 4) is 0 Å². The number of nitrogens with one attached hydrogen (secondary N) is 4. The van der Waals surface area contributed by atoms with Crippen LogP contribution in [-0.4, -0.2) is 116 Å². The number of aliphatic carboxylic acids is 1. The van der Waals surface area contributed by atoms with Gasteiger partial charge in [-0.05, 0) is 32.6 Å². The molecule has 4 amide bonds. The number of hydrogen-bond donors (Lipinski definition) is 10. The lowest BCUT2D eigenvalue weighted by atomic mass is 10.1. The van der Waals surface area contributed by atoms with Gasteiger partial charge in [0.2, 0.25) is 23.6 Å². The molecule has 18 heteroatoms. The van der Waals surface area contributed by atoms with Crippen molar-refractivity contribution in [2.24, 2.45) is 22.2 Å². The molecule has 0 saturated carbocycles. The Morgan fingerprint density at radius 1 is 1.19 bits per heavy atom. The number of aromatic nitrogens is 2. The fraction of sp³-hybridized carbons (Fsp3) is 0.625. The number of carbonyl (C=O) groups is 5. The molecule has 1 aliphatic rings. The summed E-state index contributed by atoms with van der Waals surface area (Å²) in [4.78, 5) is 75.4. The molecule has 0 radical (unpaired) electrons. The number of carbonyl (C=O) groups excluding carboxylic acids is 4. The number of imidazole rings is 1. The highest BCUT2D eigenvalue weighted by Crippen LogP contribution is 2.19. The highest BCUT2D eigenvalue weighted by molar-refractivity contribution is 7.80. The van der Waals surface area contributed by atoms with E-state index < -0.39 is 65.9 Å². The molecular formula is C24H40N10O7S. The average Bonchev–Trinajstić information content (AvgIpc) is 3.63. The number of likely N-dealkylation sites (tertiary alicyclic amines) is 1. The monoisotopic (exact) mass is 612 g/mol. The summed E-state index contributed by atoms with van der Waals surface area (Å²) in [7, 11) is 0. The molecule has 1 aromatic rings. The largest absolute Gasteiger partial charge is 0.480 e. The van der Waals surface area contributed by atoms with Crippen LogP contribution in [-0.2, 0) is 30.4 Å². The lowest BCUT2D eigenvalue weighted by molar-refractivity contribution is -0.142. The van der Waals surface area contributed by atoms with Gasteiger partial charge in [0, 0.05) is 37.2 Å². The summed E-state index contributed by atoms with van der Waals surface area (Å²) in [6.45, 7) is 1.72. The minimum Gasteiger partial charge on any atom is -0.480 e. The highest BCUT2D eigenvalue weighted by atomic mass is 32.1. The van der Waals surface area contributed by atoms with Crippen LogP contribution >= 0.6 is 12.6 Å². The summed E-state index contributed by atoms with van der Waals surface area (Å²) in [5, 5.41) is 26.9. The molecule has 1 saturated heterocycles. The van der Waals surface area contributed by atoms with E-state index >= 15 is 0 Å². The van der Waals surface area contributed by atoms with Crippen molar-refractivity contribution in [2.45, 2.75) is 75.3 Å². The summed E-state index contributed by atoms with van der Waals surface area (Å²) < 4.78 is 0. The minimum absolute atomic E-state index is 0.0135. The predicted octanol–water partition coefficient (Wildman–Crippen LogP) is -3.83. The smallest absolute Gasteiger partial charge is 0.326 e. The lowest BCUT2D eigenvalue weighted by Crippen LogP contribution is -2.61. The van der Waals surface area contributed by atoms with E-state index in [4.69, 9.17) is 17.2 Å². The minimum atomic E-state index is -1.49. The molecule has 2 heterocycles. The van der Waals surface area contributed by atoms with Gasteiger partial charge in [0.15, 0.2) is 5.96 Å². The van der Waals surface area contributed by atoms with Gasteiger partial charge >= 0.3 is 5.97 Å². The number of aliphatic hydroxyl groups is 1. The summed E-state index contributed by atoms with van der Waals surface area (Å²) in [5.41, 5.74) is 17.2. The molecule has 1 aromatic heterocycles. The molecule has 0 spiro atoms. The maximum Gasteiger partial charge on any atom is 0.326 e. The van der Waals surface area contributed by atoms with Crippen molar-refractivity contribution in [1.29, 1.82) is 0 Å². The van der Waals surface area contributed by atoms with Crippen molar-refractivity contribution >= 4 is 48.2 Å². The normalized spacial score (nSPS) is 18.2. The van der Waals surface area contributed by atoms with Crippen LogP contribution in [0.15, 0.2) is 17.5 Å². The second-order valence-electron chi connectivity index (χ2n) is 9.90. The van der Waals surface area contributed by atoms with Crippen molar-refractivity contribution in [3.05, 3.63) is 18.2 Å². The lowest BCUT2D eigenvalue weighted by Gasteiger charge is -2.29. The molecule has 17 nitrogen and oxygen atoms in total. The van der Waals surface area contributed by atoms with Gasteiger partial charge in [-0.1, -0.05) is 0 Å². The second kappa shape index (κ2) is 16.5. The molecule has 2 rings (SSSR count). The Balaban J connectivity index is 2.01. The van der Waals surface area contributed by atoms with Crippen molar-refractivity contribution in [3.63, 3.8) is 0 Å². The molecule has 12 N–H and O–H groups in total. The standard InChI is InChI=1S/C24H40N10O7S/c1-12(35)18(21(38)32-16(10-42)19(36)31-15(23(40)41)4-2-6-29-24(26)27)33-20(37)17-5-3-7-34(17)22(39)14(25)8-13-9-28-11-30-13/h9,11-12,14-18,35,42H,2-8,10,25H2,1H3,(H,28,30)(H,31,36)(H,32,38)(H,33,37)(H,40,41)(H4,26,27,29)/t12-,14+,15+,16+,17+,18+/m1/s1. The maximum absolute atomic E-state index is 13.2. The van der Waals surface area contributed by atoms with Gasteiger partial charge in [-0.25, -0.2) is 9.78 Å². The first kappa shape index (κ1) is 34.3. The first-order valence-corrected chi connectivity index (χ1v) is 14.0. The first-order valence-electron chi connectivity index (χ1n) is 13.4. The number of aliphatic imine (C=N–C) groups is 1. The van der Waals surface area contributed by atoms with Crippen LogP contribution in [0.2, 0.25) is 0 Å². The number of nitrogens with two attached hydrogens (primary N) is 3. The Kier molecular flexibility index (Phi) is 13.5. The SMILES string of the molecule is C[C@@H](O)[C@H](NC(=O)[C@@H]1CCCN1C(=O)[C@@H](N)Cc1cnc[nH]1)C(=O)N[C@@H](CS)C(=O)N[C@@H](CCCN=C(N)N)C(=O)O. The van der Waals surface area contributed by atoms with Gasteiger partial charge in [-0.3, -0.25) is 24.2 Å². The number of carboxylic acid groups (broad SMARTS) is 1. The van der Waals surface area contributed by atoms with Crippen LogP contribution in [0.25, 0.3) is 0 Å². The molecule has 1 fully saturated rings. The van der Waals surface area contributed by atoms with Gasteiger partial charge < -0.3 is 53.2 Å². The van der Waals surface area contributed by atoms with E-state index in [1.165, 1.54) is 18.2 Å². The van der Waals surface area contributed by atoms with E-state index in [-0.39, 0.29) is 44.1 Å². The number of aliphatic hydroxyl groups excluding tert-OH is 1. The molecule has 0 unspecified atom stereocenters. The molecule has 0 bridgehead atoms. The number of carboxylic acids is 1. The Hall–Kier alpha value is -3.90. The van der Waals surface area contributed by atoms with Gasteiger partial charge in [-0.2, -0.15) is 12.6 Å². The van der Waals surface area contributed by atoms with E-state index in [1.54, 1.807) is 6.20 Å². The van der Waals surface area contributed by atoms with Gasteiger partial charge in [0.05, 0.1) is 18.5 Å². The van der Waals surface area contributed by atoms with Gasteiger partial charge in [-0.15, -0.1) is 0 Å². The number of guanidine groups is 1. The van der Waals surface area contributed by atoms with Crippen molar-refractivity contribution < 1.29 is 34.2 Å². The number of nitrogens with zero attached hydrogens (tertiary/aromatic N) is 3. The van der Waals surface area contributed by atoms with Crippen LogP contribution in [0.3, 0.4) is 0 Å². The van der Waals surface area contributed by atoms with E-state index in [9.17, 15) is 34.2 Å². The van der Waals surface area contributed by atoms with Crippen molar-refractivity contribution in [2.75, 3.05) is 18.8 Å². The number of rotatable bonds is 16. The third kappa shape index (κ3) is 10.2. The van der Waals surface area contributed by atoms with E-state index in [1.807, 2.05) is 0 Å². The van der Waals surface area contributed by atoms with E-state index in [0.717, 1.165) is 0 Å². The van der Waals surface area contributed by atoms with E-state index in [2.05, 4.69) is 43.5 Å². The average molecular weight is 613 g/mol. The van der Waals surface area contributed by atoms with Crippen molar-refractivity contribution in [1.82, 2.24) is 30.8 Å². The Labute approximate surface area is 247 Å². The number of thiol groups is 1. The molecule has 0 aliphatic carbocycles. The summed E-state index contributed by atoms with van der Waals surface area (Å²) in [6.07, 6.45) is 2.94. The van der Waals surface area contributed by atoms with Crippen LogP contribution in [0.1, 0.15) is 38.3 Å². The number of amides is 4.